The maximum Gasteiger partial charge on any atom is 0.161 e. The van der Waals surface area contributed by atoms with Gasteiger partial charge in [0.25, 0.3) is 0 Å². The van der Waals surface area contributed by atoms with Gasteiger partial charge in [-0.3, -0.25) is 9.36 Å². The fourth-order valence-electron chi connectivity index (χ4n) is 2.18. The first kappa shape index (κ1) is 12.5. The van der Waals surface area contributed by atoms with Gasteiger partial charge in [-0.15, -0.1) is 0 Å². The van der Waals surface area contributed by atoms with Crippen molar-refractivity contribution in [2.45, 2.75) is 20.8 Å². The van der Waals surface area contributed by atoms with Crippen LogP contribution in [0.1, 0.15) is 28.4 Å². The molecule has 0 aliphatic carbocycles. The second-order valence-electron chi connectivity index (χ2n) is 5.00. The number of aryl methyl sites for hydroxylation is 2. The summed E-state index contributed by atoms with van der Waals surface area (Å²) in [4.78, 5) is 20.0. The van der Waals surface area contributed by atoms with Gasteiger partial charge in [0.15, 0.2) is 5.78 Å². The molecule has 0 bridgehead atoms. The topological polar surface area (TPSA) is 47.8 Å². The van der Waals surface area contributed by atoms with Crippen LogP contribution in [0.5, 0.6) is 0 Å². The molecule has 0 saturated heterocycles. The molecule has 0 saturated carbocycles. The van der Waals surface area contributed by atoms with E-state index in [9.17, 15) is 4.79 Å². The number of Topliss-reactive ketones (excluding diaryl/α,β-unsaturated/α-hetero) is 1. The van der Waals surface area contributed by atoms with Gasteiger partial charge in [0, 0.05) is 11.8 Å². The van der Waals surface area contributed by atoms with Crippen molar-refractivity contribution in [3.8, 4) is 5.82 Å². The third kappa shape index (κ3) is 1.99. The summed E-state index contributed by atoms with van der Waals surface area (Å²) in [6.07, 6.45) is 3.36. The van der Waals surface area contributed by atoms with E-state index >= 15 is 0 Å². The molecule has 20 heavy (non-hydrogen) atoms. The van der Waals surface area contributed by atoms with Gasteiger partial charge in [-0.2, -0.15) is 0 Å². The Morgan fingerprint density at radius 3 is 2.50 bits per heavy atom. The summed E-state index contributed by atoms with van der Waals surface area (Å²) < 4.78 is 1.94. The van der Waals surface area contributed by atoms with Crippen molar-refractivity contribution < 1.29 is 4.79 Å². The zero-order valence-electron chi connectivity index (χ0n) is 11.7. The third-order valence-electron chi connectivity index (χ3n) is 3.56. The average molecular weight is 265 g/mol. The van der Waals surface area contributed by atoms with E-state index in [0.29, 0.717) is 5.56 Å². The predicted octanol–water partition coefficient (Wildman–Crippen LogP) is 3.24. The van der Waals surface area contributed by atoms with Crippen LogP contribution in [0.4, 0.5) is 0 Å². The minimum Gasteiger partial charge on any atom is -0.294 e. The van der Waals surface area contributed by atoms with E-state index < -0.39 is 0 Å². The molecule has 0 fully saturated rings. The SMILES string of the molecule is CC(=O)c1ccc(-n2cnc3cc(C)c(C)cc32)nc1. The van der Waals surface area contributed by atoms with Crippen LogP contribution in [0.25, 0.3) is 16.9 Å². The quantitative estimate of drug-likeness (QED) is 0.668. The first-order chi connectivity index (χ1) is 9.56. The lowest BCUT2D eigenvalue weighted by Gasteiger charge is -2.05. The molecule has 0 atom stereocenters. The van der Waals surface area contributed by atoms with Crippen molar-refractivity contribution in [1.29, 1.82) is 0 Å². The van der Waals surface area contributed by atoms with Crippen molar-refractivity contribution >= 4 is 16.8 Å². The lowest BCUT2D eigenvalue weighted by atomic mass is 10.1. The van der Waals surface area contributed by atoms with Gasteiger partial charge in [0.2, 0.25) is 0 Å². The molecule has 100 valence electrons. The number of rotatable bonds is 2. The highest BCUT2D eigenvalue weighted by molar-refractivity contribution is 5.93. The molecular weight excluding hydrogens is 250 g/mol. The molecule has 2 aromatic heterocycles. The first-order valence-electron chi connectivity index (χ1n) is 6.48. The maximum absolute atomic E-state index is 11.3. The summed E-state index contributed by atoms with van der Waals surface area (Å²) in [6, 6.07) is 7.81. The monoisotopic (exact) mass is 265 g/mol. The average Bonchev–Trinajstić information content (AvgIpc) is 2.82. The smallest absolute Gasteiger partial charge is 0.161 e. The number of imidazole rings is 1. The summed E-state index contributed by atoms with van der Waals surface area (Å²) in [6.45, 7) is 5.70. The molecule has 0 aliphatic heterocycles. The van der Waals surface area contributed by atoms with Crippen molar-refractivity contribution in [1.82, 2.24) is 14.5 Å². The highest BCUT2D eigenvalue weighted by atomic mass is 16.1. The highest BCUT2D eigenvalue weighted by Crippen LogP contribution is 2.21. The molecule has 1 aromatic carbocycles. The van der Waals surface area contributed by atoms with Crippen LogP contribution in [0.15, 0.2) is 36.8 Å². The van der Waals surface area contributed by atoms with Gasteiger partial charge in [-0.1, -0.05) is 0 Å². The van der Waals surface area contributed by atoms with E-state index in [-0.39, 0.29) is 5.78 Å². The lowest BCUT2D eigenvalue weighted by Crippen LogP contribution is -1.99. The molecule has 0 amide bonds. The van der Waals surface area contributed by atoms with Crippen LogP contribution in [-0.4, -0.2) is 20.3 Å². The molecule has 4 nitrogen and oxygen atoms in total. The molecular formula is C16H15N3O. The second kappa shape index (κ2) is 4.56. The van der Waals surface area contributed by atoms with Gasteiger partial charge in [0.05, 0.1) is 11.0 Å². The van der Waals surface area contributed by atoms with E-state index in [0.717, 1.165) is 16.9 Å². The zero-order valence-corrected chi connectivity index (χ0v) is 11.7. The van der Waals surface area contributed by atoms with Crippen molar-refractivity contribution in [3.63, 3.8) is 0 Å². The number of ketones is 1. The van der Waals surface area contributed by atoms with Gasteiger partial charge in [-0.25, -0.2) is 9.97 Å². The highest BCUT2D eigenvalue weighted by Gasteiger charge is 2.08. The normalized spacial score (nSPS) is 10.9. The van der Waals surface area contributed by atoms with Crippen LogP contribution < -0.4 is 0 Å². The van der Waals surface area contributed by atoms with Gasteiger partial charge >= 0.3 is 0 Å². The zero-order chi connectivity index (χ0) is 14.3. The molecule has 0 radical (unpaired) electrons. The number of hydrogen-bond donors (Lipinski definition) is 0. The van der Waals surface area contributed by atoms with Crippen LogP contribution in [0.2, 0.25) is 0 Å². The Hall–Kier alpha value is -2.49. The number of pyridine rings is 1. The van der Waals surface area contributed by atoms with Crippen molar-refractivity contribution in [2.24, 2.45) is 0 Å². The van der Waals surface area contributed by atoms with Gasteiger partial charge < -0.3 is 0 Å². The Morgan fingerprint density at radius 2 is 1.85 bits per heavy atom. The van der Waals surface area contributed by atoms with Crippen LogP contribution in [0, 0.1) is 13.8 Å². The standard InChI is InChI=1S/C16H15N3O/c1-10-6-14-15(7-11(10)2)19(9-18-14)16-5-4-13(8-17-16)12(3)20/h4-9H,1-3H3. The Morgan fingerprint density at radius 1 is 1.10 bits per heavy atom. The summed E-state index contributed by atoms with van der Waals surface area (Å²) >= 11 is 0. The van der Waals surface area contributed by atoms with Crippen molar-refractivity contribution in [2.75, 3.05) is 0 Å². The summed E-state index contributed by atoms with van der Waals surface area (Å²) in [5.74, 6) is 0.784. The van der Waals surface area contributed by atoms with Gasteiger partial charge in [0.1, 0.15) is 12.1 Å². The summed E-state index contributed by atoms with van der Waals surface area (Å²) in [7, 11) is 0. The van der Waals surface area contributed by atoms with Crippen LogP contribution >= 0.6 is 0 Å². The van der Waals surface area contributed by atoms with E-state index in [1.165, 1.54) is 18.1 Å². The molecule has 0 unspecified atom stereocenters. The molecule has 2 heterocycles. The number of benzene rings is 1. The lowest BCUT2D eigenvalue weighted by molar-refractivity contribution is 0.101. The maximum atomic E-state index is 11.3. The van der Waals surface area contributed by atoms with Crippen LogP contribution in [0.3, 0.4) is 0 Å². The fourth-order valence-corrected chi connectivity index (χ4v) is 2.18. The Labute approximate surface area is 117 Å². The minimum atomic E-state index is 0.0195. The summed E-state index contributed by atoms with van der Waals surface area (Å²) in [5, 5.41) is 0. The first-order valence-corrected chi connectivity index (χ1v) is 6.48. The van der Waals surface area contributed by atoms with E-state index in [1.807, 2.05) is 10.6 Å². The molecule has 0 N–H and O–H groups in total. The van der Waals surface area contributed by atoms with Crippen LogP contribution in [-0.2, 0) is 0 Å². The Bertz CT molecular complexity index is 800. The number of carbonyl (C=O) groups is 1. The number of hydrogen-bond acceptors (Lipinski definition) is 3. The Kier molecular flexibility index (Phi) is 2.86. The molecule has 3 aromatic rings. The van der Waals surface area contributed by atoms with Crippen molar-refractivity contribution in [3.05, 3.63) is 53.5 Å². The molecule has 0 aliphatic rings. The minimum absolute atomic E-state index is 0.0195. The van der Waals surface area contributed by atoms with E-state index in [1.54, 1.807) is 18.6 Å². The molecule has 4 heteroatoms. The third-order valence-corrected chi connectivity index (χ3v) is 3.56. The number of carbonyl (C=O) groups excluding carboxylic acids is 1. The predicted molar refractivity (Wildman–Crippen MR) is 78.3 cm³/mol. The Balaban J connectivity index is 2.14. The largest absolute Gasteiger partial charge is 0.294 e. The molecule has 0 spiro atoms. The van der Waals surface area contributed by atoms with Gasteiger partial charge in [-0.05, 0) is 56.2 Å². The van der Waals surface area contributed by atoms with E-state index in [4.69, 9.17) is 0 Å². The number of fused-ring (bicyclic) bond motifs is 1. The van der Waals surface area contributed by atoms with E-state index in [2.05, 4.69) is 35.9 Å². The summed E-state index contributed by atoms with van der Waals surface area (Å²) in [5.41, 5.74) is 5.04. The number of aromatic nitrogens is 3. The second-order valence-corrected chi connectivity index (χ2v) is 5.00. The fraction of sp³-hybridized carbons (Fsp3) is 0.188. The number of nitrogens with zero attached hydrogens (tertiary/aromatic N) is 3. The molecule has 3 rings (SSSR count).